The Morgan fingerprint density at radius 2 is 2.00 bits per heavy atom. The Morgan fingerprint density at radius 3 is 2.64 bits per heavy atom. The van der Waals surface area contributed by atoms with Crippen LogP contribution in [-0.4, -0.2) is 30.4 Å². The first kappa shape index (κ1) is 21.8. The number of allylic oxidation sites excluding steroid dienone is 1. The van der Waals surface area contributed by atoms with Crippen LogP contribution >= 0.6 is 0 Å². The number of carbonyl (C=O) groups excluding carboxylic acids is 1. The van der Waals surface area contributed by atoms with Crippen molar-refractivity contribution in [1.29, 1.82) is 0 Å². The van der Waals surface area contributed by atoms with Gasteiger partial charge in [0.05, 0.1) is 19.3 Å². The van der Waals surface area contributed by atoms with Crippen LogP contribution in [0.5, 0.6) is 0 Å². The normalized spacial score (nSPS) is 22.0. The topological polar surface area (TPSA) is 67.8 Å². The van der Waals surface area contributed by atoms with Gasteiger partial charge in [0.1, 0.15) is 17.5 Å². The summed E-state index contributed by atoms with van der Waals surface area (Å²) in [5.74, 6) is 0.0375. The molecule has 1 aliphatic rings. The van der Waals surface area contributed by atoms with E-state index in [2.05, 4.69) is 0 Å². The predicted octanol–water partition coefficient (Wildman–Crippen LogP) is -0.659. The molecule has 1 heterocycles. The SMILES string of the molecule is CC(C)(C)OC(=O)/C=C1\CC[C@@H]([O-])[C@H](COCc2ccccc2)O1.[Li+]. The van der Waals surface area contributed by atoms with Crippen molar-refractivity contribution in [3.63, 3.8) is 0 Å². The van der Waals surface area contributed by atoms with Gasteiger partial charge in [-0.15, -0.1) is 0 Å². The second-order valence-corrected chi connectivity index (χ2v) is 6.88. The van der Waals surface area contributed by atoms with Gasteiger partial charge >= 0.3 is 24.8 Å². The molecular weight excluding hydrogens is 315 g/mol. The van der Waals surface area contributed by atoms with Crippen molar-refractivity contribution >= 4 is 5.97 Å². The van der Waals surface area contributed by atoms with Crippen molar-refractivity contribution in [1.82, 2.24) is 0 Å². The number of ether oxygens (including phenoxy) is 3. The first-order valence-corrected chi connectivity index (χ1v) is 8.21. The second kappa shape index (κ2) is 10.0. The number of esters is 1. The molecule has 6 heteroatoms. The zero-order valence-electron chi connectivity index (χ0n) is 15.5. The standard InChI is InChI=1S/C19H25O5.Li/c1-19(2,3)24-18(21)11-15-9-10-16(20)17(23-15)13-22-12-14-7-5-4-6-8-14;/h4-8,11,16-17H,9-10,12-13H2,1-3H3;/q-1;+1/b15-11+;/t16-,17+;/m1./s1. The summed E-state index contributed by atoms with van der Waals surface area (Å²) in [6.07, 6.45) is 0.769. The zero-order valence-corrected chi connectivity index (χ0v) is 15.5. The summed E-state index contributed by atoms with van der Waals surface area (Å²) in [6, 6.07) is 9.74. The Morgan fingerprint density at radius 1 is 1.32 bits per heavy atom. The molecule has 25 heavy (non-hydrogen) atoms. The second-order valence-electron chi connectivity index (χ2n) is 6.88. The fourth-order valence-corrected chi connectivity index (χ4v) is 2.38. The van der Waals surface area contributed by atoms with Crippen LogP contribution in [0.15, 0.2) is 42.2 Å². The van der Waals surface area contributed by atoms with E-state index in [4.69, 9.17) is 14.2 Å². The summed E-state index contributed by atoms with van der Waals surface area (Å²) in [7, 11) is 0. The molecule has 2 atom stereocenters. The minimum absolute atomic E-state index is 0. The molecule has 0 aliphatic carbocycles. The quantitative estimate of drug-likeness (QED) is 0.404. The maximum Gasteiger partial charge on any atom is 1.00 e. The van der Waals surface area contributed by atoms with Crippen molar-refractivity contribution < 1.29 is 43.0 Å². The van der Waals surface area contributed by atoms with Gasteiger partial charge in [0.2, 0.25) is 0 Å². The van der Waals surface area contributed by atoms with Crippen LogP contribution in [0, 0.1) is 0 Å². The van der Waals surface area contributed by atoms with Crippen LogP contribution < -0.4 is 24.0 Å². The molecule has 0 radical (unpaired) electrons. The Labute approximate surface area is 161 Å². The maximum absolute atomic E-state index is 12.0. The smallest absolute Gasteiger partial charge is 0.849 e. The van der Waals surface area contributed by atoms with E-state index in [9.17, 15) is 9.90 Å². The Hall–Kier alpha value is -1.25. The van der Waals surface area contributed by atoms with Crippen LogP contribution in [0.4, 0.5) is 0 Å². The van der Waals surface area contributed by atoms with Gasteiger partial charge in [0, 0.05) is 6.42 Å². The van der Waals surface area contributed by atoms with Gasteiger partial charge in [-0.1, -0.05) is 42.9 Å². The molecule has 1 aromatic rings. The first-order valence-electron chi connectivity index (χ1n) is 8.21. The molecule has 0 N–H and O–H groups in total. The number of hydrogen-bond acceptors (Lipinski definition) is 5. The summed E-state index contributed by atoms with van der Waals surface area (Å²) >= 11 is 0. The first-order chi connectivity index (χ1) is 11.3. The van der Waals surface area contributed by atoms with Gasteiger partial charge in [0.15, 0.2) is 0 Å². The van der Waals surface area contributed by atoms with Crippen LogP contribution in [0.1, 0.15) is 39.2 Å². The molecule has 2 rings (SSSR count). The van der Waals surface area contributed by atoms with Gasteiger partial charge in [-0.3, -0.25) is 0 Å². The molecule has 0 saturated carbocycles. The number of carbonyl (C=O) groups is 1. The third-order valence-corrected chi connectivity index (χ3v) is 3.47. The molecule has 1 aromatic carbocycles. The zero-order chi connectivity index (χ0) is 17.6. The summed E-state index contributed by atoms with van der Waals surface area (Å²) in [5.41, 5.74) is 0.488. The molecule has 0 spiro atoms. The van der Waals surface area contributed by atoms with Crippen molar-refractivity contribution in [3.8, 4) is 0 Å². The predicted molar refractivity (Wildman–Crippen MR) is 87.9 cm³/mol. The van der Waals surface area contributed by atoms with E-state index in [1.807, 2.05) is 30.3 Å². The molecule has 0 bridgehead atoms. The van der Waals surface area contributed by atoms with E-state index in [1.165, 1.54) is 6.08 Å². The van der Waals surface area contributed by atoms with Crippen molar-refractivity contribution in [2.45, 2.75) is 58.0 Å². The number of hydrogen-bond donors (Lipinski definition) is 0. The van der Waals surface area contributed by atoms with Crippen molar-refractivity contribution in [3.05, 3.63) is 47.7 Å². The van der Waals surface area contributed by atoms with Crippen LogP contribution in [-0.2, 0) is 25.6 Å². The largest absolute Gasteiger partial charge is 1.00 e. The van der Waals surface area contributed by atoms with E-state index in [1.54, 1.807) is 20.8 Å². The minimum atomic E-state index is -0.850. The van der Waals surface area contributed by atoms with E-state index >= 15 is 0 Å². The van der Waals surface area contributed by atoms with Crippen molar-refractivity contribution in [2.75, 3.05) is 6.61 Å². The maximum atomic E-state index is 12.0. The number of benzene rings is 1. The Balaban J connectivity index is 0.00000312. The van der Waals surface area contributed by atoms with E-state index in [-0.39, 0.29) is 25.5 Å². The van der Waals surface area contributed by atoms with Gasteiger partial charge in [-0.2, -0.15) is 0 Å². The van der Waals surface area contributed by atoms with Crippen LogP contribution in [0.2, 0.25) is 0 Å². The molecule has 1 aliphatic heterocycles. The molecule has 0 aromatic heterocycles. The average molecular weight is 340 g/mol. The van der Waals surface area contributed by atoms with Gasteiger partial charge < -0.3 is 19.3 Å². The van der Waals surface area contributed by atoms with E-state index in [0.717, 1.165) is 5.56 Å². The monoisotopic (exact) mass is 340 g/mol. The molecule has 0 unspecified atom stereocenters. The van der Waals surface area contributed by atoms with Gasteiger partial charge in [0.25, 0.3) is 0 Å². The third-order valence-electron chi connectivity index (χ3n) is 3.47. The Bertz CT molecular complexity index is 565. The fourth-order valence-electron chi connectivity index (χ4n) is 2.38. The van der Waals surface area contributed by atoms with E-state index in [0.29, 0.717) is 25.2 Å². The average Bonchev–Trinajstić information content (AvgIpc) is 2.49. The molecule has 5 nitrogen and oxygen atoms in total. The summed E-state index contributed by atoms with van der Waals surface area (Å²) in [4.78, 5) is 11.8. The van der Waals surface area contributed by atoms with E-state index < -0.39 is 23.8 Å². The van der Waals surface area contributed by atoms with Crippen LogP contribution in [0.3, 0.4) is 0 Å². The fraction of sp³-hybridized carbons (Fsp3) is 0.526. The molecular formula is C19H25LiO5. The third kappa shape index (κ3) is 8.11. The molecule has 1 saturated heterocycles. The summed E-state index contributed by atoms with van der Waals surface area (Å²) in [6.45, 7) is 6.05. The summed E-state index contributed by atoms with van der Waals surface area (Å²) in [5, 5.41) is 12.0. The molecule has 132 valence electrons. The summed E-state index contributed by atoms with van der Waals surface area (Å²) < 4.78 is 16.5. The molecule has 0 amide bonds. The van der Waals surface area contributed by atoms with Gasteiger partial charge in [-0.05, 0) is 26.3 Å². The minimum Gasteiger partial charge on any atom is -0.849 e. The van der Waals surface area contributed by atoms with Crippen molar-refractivity contribution in [2.24, 2.45) is 0 Å². The van der Waals surface area contributed by atoms with Gasteiger partial charge in [-0.25, -0.2) is 4.79 Å². The number of rotatable bonds is 5. The van der Waals surface area contributed by atoms with Crippen LogP contribution in [0.25, 0.3) is 0 Å². The molecule has 1 fully saturated rings. The Kier molecular flexibility index (Phi) is 8.74.